The van der Waals surface area contributed by atoms with Crippen LogP contribution in [0.1, 0.15) is 73.2 Å². The molecule has 3 rings (SSSR count). The topological polar surface area (TPSA) is 79.5 Å². The van der Waals surface area contributed by atoms with Gasteiger partial charge in [0.15, 0.2) is 5.78 Å². The van der Waals surface area contributed by atoms with E-state index in [0.29, 0.717) is 28.1 Å². The van der Waals surface area contributed by atoms with E-state index in [-0.39, 0.29) is 24.5 Å². The molecule has 1 heterocycles. The summed E-state index contributed by atoms with van der Waals surface area (Å²) in [5.41, 5.74) is 3.19. The molecule has 0 radical (unpaired) electrons. The summed E-state index contributed by atoms with van der Waals surface area (Å²) in [5.74, 6) is -1.38. The molecule has 33 heavy (non-hydrogen) atoms. The average molecular weight is 470 g/mol. The molecule has 0 aliphatic heterocycles. The molecule has 176 valence electrons. The van der Waals surface area contributed by atoms with Crippen molar-refractivity contribution in [3.8, 4) is 0 Å². The zero-order valence-electron chi connectivity index (χ0n) is 19.3. The maximum Gasteiger partial charge on any atom is 0.303 e. The molecule has 0 saturated carbocycles. The second-order valence-corrected chi connectivity index (χ2v) is 9.35. The number of aromatic nitrogens is 1. The van der Waals surface area contributed by atoms with E-state index >= 15 is 0 Å². The van der Waals surface area contributed by atoms with Crippen molar-refractivity contribution in [3.05, 3.63) is 70.4 Å². The highest BCUT2D eigenvalue weighted by atomic mass is 35.5. The number of aliphatic hydroxyl groups excluding tert-OH is 1. The lowest BCUT2D eigenvalue weighted by molar-refractivity contribution is -0.137. The van der Waals surface area contributed by atoms with E-state index < -0.39 is 12.1 Å². The Labute approximate surface area is 200 Å². The van der Waals surface area contributed by atoms with Gasteiger partial charge in [-0.25, -0.2) is 0 Å². The predicted molar refractivity (Wildman–Crippen MR) is 132 cm³/mol. The van der Waals surface area contributed by atoms with Gasteiger partial charge in [0.05, 0.1) is 11.8 Å². The lowest BCUT2D eigenvalue weighted by atomic mass is 9.93. The number of rotatable bonds is 12. The van der Waals surface area contributed by atoms with E-state index in [1.165, 1.54) is 5.56 Å². The highest BCUT2D eigenvalue weighted by Crippen LogP contribution is 2.35. The number of carboxylic acids is 1. The number of aliphatic carboxylic acids is 1. The van der Waals surface area contributed by atoms with Crippen molar-refractivity contribution in [2.45, 2.75) is 58.0 Å². The zero-order valence-corrected chi connectivity index (χ0v) is 20.0. The zero-order chi connectivity index (χ0) is 24.0. The van der Waals surface area contributed by atoms with Gasteiger partial charge in [0.25, 0.3) is 0 Å². The van der Waals surface area contributed by atoms with E-state index in [0.717, 1.165) is 31.2 Å². The summed E-state index contributed by atoms with van der Waals surface area (Å²) in [6, 6.07) is 15.7. The van der Waals surface area contributed by atoms with E-state index in [1.54, 1.807) is 19.1 Å². The molecule has 0 unspecified atom stereocenters. The van der Waals surface area contributed by atoms with Crippen LogP contribution in [0, 0.1) is 5.92 Å². The number of ketones is 1. The largest absolute Gasteiger partial charge is 0.481 e. The van der Waals surface area contributed by atoms with Crippen molar-refractivity contribution >= 4 is 34.3 Å². The third-order valence-corrected chi connectivity index (χ3v) is 6.38. The Bertz CT molecular complexity index is 1110. The van der Waals surface area contributed by atoms with Crippen molar-refractivity contribution in [3.63, 3.8) is 0 Å². The fraction of sp³-hybridized carbons (Fsp3) is 0.407. The first-order valence-corrected chi connectivity index (χ1v) is 11.9. The van der Waals surface area contributed by atoms with Crippen LogP contribution >= 0.6 is 11.6 Å². The SMILES string of the molecule is C[C@@H](CC(=O)O)CC(=O)c1c([C@H](O)CCCCCc2ccccc2)n(C)c2ccc(Cl)cc12. The Morgan fingerprint density at radius 1 is 1.03 bits per heavy atom. The molecule has 0 amide bonds. The van der Waals surface area contributed by atoms with Crippen LogP contribution in [0.3, 0.4) is 0 Å². The molecule has 1 aromatic heterocycles. The Hall–Kier alpha value is -2.63. The molecule has 0 fully saturated rings. The van der Waals surface area contributed by atoms with Gasteiger partial charge in [0.1, 0.15) is 0 Å². The molecular formula is C27H32ClNO4. The lowest BCUT2D eigenvalue weighted by Gasteiger charge is -2.16. The maximum absolute atomic E-state index is 13.3. The van der Waals surface area contributed by atoms with Crippen molar-refractivity contribution in [2.24, 2.45) is 13.0 Å². The van der Waals surface area contributed by atoms with Gasteiger partial charge in [0.2, 0.25) is 0 Å². The Morgan fingerprint density at radius 2 is 1.76 bits per heavy atom. The molecule has 5 nitrogen and oxygen atoms in total. The van der Waals surface area contributed by atoms with Crippen molar-refractivity contribution in [1.29, 1.82) is 0 Å². The van der Waals surface area contributed by atoms with Crippen LogP contribution in [-0.4, -0.2) is 26.5 Å². The molecule has 2 aromatic carbocycles. The summed E-state index contributed by atoms with van der Waals surface area (Å²) in [7, 11) is 1.85. The molecule has 0 spiro atoms. The molecule has 0 aliphatic carbocycles. The molecule has 0 saturated heterocycles. The van der Waals surface area contributed by atoms with Gasteiger partial charge >= 0.3 is 5.97 Å². The van der Waals surface area contributed by atoms with Crippen molar-refractivity contribution < 1.29 is 19.8 Å². The van der Waals surface area contributed by atoms with Crippen LogP contribution in [-0.2, 0) is 18.3 Å². The number of carbonyl (C=O) groups is 2. The van der Waals surface area contributed by atoms with Gasteiger partial charge in [0, 0.05) is 41.4 Å². The minimum atomic E-state index is -0.924. The second kappa shape index (κ2) is 11.5. The van der Waals surface area contributed by atoms with Gasteiger partial charge in [-0.3, -0.25) is 9.59 Å². The fourth-order valence-corrected chi connectivity index (χ4v) is 4.71. The number of benzene rings is 2. The molecule has 6 heteroatoms. The number of unbranched alkanes of at least 4 members (excludes halogenated alkanes) is 2. The van der Waals surface area contributed by atoms with E-state index in [9.17, 15) is 14.7 Å². The lowest BCUT2D eigenvalue weighted by Crippen LogP contribution is -2.14. The molecule has 0 bridgehead atoms. The van der Waals surface area contributed by atoms with Crippen LogP contribution in [0.2, 0.25) is 5.02 Å². The van der Waals surface area contributed by atoms with E-state index in [1.807, 2.05) is 35.9 Å². The van der Waals surface area contributed by atoms with E-state index in [2.05, 4.69) is 12.1 Å². The van der Waals surface area contributed by atoms with Crippen LogP contribution < -0.4 is 0 Å². The number of hydrogen-bond donors (Lipinski definition) is 2. The Balaban J connectivity index is 1.76. The third-order valence-electron chi connectivity index (χ3n) is 6.14. The highest BCUT2D eigenvalue weighted by molar-refractivity contribution is 6.31. The summed E-state index contributed by atoms with van der Waals surface area (Å²) in [4.78, 5) is 24.3. The monoisotopic (exact) mass is 469 g/mol. The standard InChI is InChI=1S/C27H32ClNO4/c1-18(16-25(32)33)15-24(31)26-21-17-20(28)13-14-22(21)29(2)27(26)23(30)12-8-4-7-11-19-9-5-3-6-10-19/h3,5-6,9-10,13-14,17-18,23,30H,4,7-8,11-12,15-16H2,1-2H3,(H,32,33)/t18-,23-/m1/s1. The highest BCUT2D eigenvalue weighted by Gasteiger charge is 2.27. The predicted octanol–water partition coefficient (Wildman–Crippen LogP) is 6.35. The van der Waals surface area contributed by atoms with Crippen LogP contribution in [0.4, 0.5) is 0 Å². The summed E-state index contributed by atoms with van der Waals surface area (Å²) < 4.78 is 1.87. The smallest absolute Gasteiger partial charge is 0.303 e. The van der Waals surface area contributed by atoms with Crippen LogP contribution in [0.25, 0.3) is 10.9 Å². The van der Waals surface area contributed by atoms with Crippen LogP contribution in [0.5, 0.6) is 0 Å². The first kappa shape index (κ1) is 25.0. The third kappa shape index (κ3) is 6.46. The molecule has 2 atom stereocenters. The first-order valence-electron chi connectivity index (χ1n) is 11.5. The number of hydrogen-bond acceptors (Lipinski definition) is 3. The van der Waals surface area contributed by atoms with Gasteiger partial charge < -0.3 is 14.8 Å². The molecular weight excluding hydrogens is 438 g/mol. The number of nitrogens with zero attached hydrogens (tertiary/aromatic N) is 1. The number of aliphatic hydroxyl groups is 1. The molecule has 2 N–H and O–H groups in total. The minimum absolute atomic E-state index is 0.0729. The number of halogens is 1. The average Bonchev–Trinajstić information content (AvgIpc) is 3.05. The number of fused-ring (bicyclic) bond motifs is 1. The summed E-state index contributed by atoms with van der Waals surface area (Å²) in [6.45, 7) is 1.76. The summed E-state index contributed by atoms with van der Waals surface area (Å²) in [6.07, 6.45) is 3.68. The fourth-order valence-electron chi connectivity index (χ4n) is 4.53. The molecule has 0 aliphatic rings. The van der Waals surface area contributed by atoms with Gasteiger partial charge in [-0.1, -0.05) is 61.7 Å². The number of carbonyl (C=O) groups excluding carboxylic acids is 1. The second-order valence-electron chi connectivity index (χ2n) is 8.91. The van der Waals surface area contributed by atoms with Crippen molar-refractivity contribution in [2.75, 3.05) is 0 Å². The summed E-state index contributed by atoms with van der Waals surface area (Å²) in [5, 5.41) is 21.4. The normalized spacial score (nSPS) is 13.2. The van der Waals surface area contributed by atoms with E-state index in [4.69, 9.17) is 16.7 Å². The summed E-state index contributed by atoms with van der Waals surface area (Å²) >= 11 is 6.22. The maximum atomic E-state index is 13.3. The Morgan fingerprint density at radius 3 is 2.45 bits per heavy atom. The van der Waals surface area contributed by atoms with Gasteiger partial charge in [-0.2, -0.15) is 0 Å². The van der Waals surface area contributed by atoms with Gasteiger partial charge in [-0.15, -0.1) is 0 Å². The van der Waals surface area contributed by atoms with Crippen molar-refractivity contribution in [1.82, 2.24) is 4.57 Å². The van der Waals surface area contributed by atoms with Gasteiger partial charge in [-0.05, 0) is 48.9 Å². The van der Waals surface area contributed by atoms with Crippen LogP contribution in [0.15, 0.2) is 48.5 Å². The number of Topliss-reactive ketones (excluding diaryl/α,β-unsaturated/α-hetero) is 1. The first-order chi connectivity index (χ1) is 15.8. The quantitative estimate of drug-likeness (QED) is 0.239. The Kier molecular flexibility index (Phi) is 8.70. The number of aryl methyl sites for hydroxylation is 2. The minimum Gasteiger partial charge on any atom is -0.481 e. The number of carboxylic acid groups (broad SMARTS) is 1. The molecule has 3 aromatic rings.